The molecule has 23 heteroatoms. The molecule has 1 rings (SSSR count). The van der Waals surface area contributed by atoms with E-state index in [0.717, 1.165) is 0 Å². The molecule has 0 radical (unpaired) electrons. The highest BCUT2D eigenvalue weighted by Gasteiger charge is 2.90. The zero-order valence-corrected chi connectivity index (χ0v) is 17.6. The third-order valence-electron chi connectivity index (χ3n) is 4.08. The first-order valence-electron chi connectivity index (χ1n) is 7.96. The Balaban J connectivity index is 3.67. The average Bonchev–Trinajstić information content (AvgIpc) is 2.68. The van der Waals surface area contributed by atoms with Gasteiger partial charge in [0.2, 0.25) is 11.1 Å². The van der Waals surface area contributed by atoms with E-state index in [1.165, 1.54) is 0 Å². The summed E-state index contributed by atoms with van der Waals surface area (Å²) in [5.74, 6) is -46.0. The standard InChI is InChI=1S/C14H3F19O2S2/c15-4-1-3(2-5(16)6(4)36-13(30,31)14(32,33)37(34)35)7(17,18)8(19,20)9(21,22)10(23,24)11(25,26)12(27,28)29/h1-2H,(H,34,35). The zero-order chi connectivity index (χ0) is 30.0. The van der Waals surface area contributed by atoms with Gasteiger partial charge in [0.15, 0.2) is 0 Å². The van der Waals surface area contributed by atoms with Crippen molar-refractivity contribution < 1.29 is 92.2 Å². The lowest BCUT2D eigenvalue weighted by Gasteiger charge is -2.39. The molecule has 1 N–H and O–H groups in total. The molecule has 0 bridgehead atoms. The number of rotatable bonds is 9. The molecular weight excluding hydrogens is 625 g/mol. The highest BCUT2D eigenvalue weighted by Crippen LogP contribution is 2.62. The van der Waals surface area contributed by atoms with Gasteiger partial charge in [0.25, 0.3) is 0 Å². The van der Waals surface area contributed by atoms with Gasteiger partial charge in [-0.05, 0) is 23.9 Å². The average molecular weight is 628 g/mol. The molecule has 0 saturated heterocycles. The predicted molar refractivity (Wildman–Crippen MR) is 82.6 cm³/mol. The van der Waals surface area contributed by atoms with Crippen molar-refractivity contribution in [1.82, 2.24) is 0 Å². The maximum atomic E-state index is 14.0. The van der Waals surface area contributed by atoms with Crippen molar-refractivity contribution in [1.29, 1.82) is 0 Å². The molecule has 0 aliphatic rings. The molecule has 1 aromatic carbocycles. The smallest absolute Gasteiger partial charge is 0.301 e. The Hall–Kier alpha value is -1.65. The number of thioether (sulfide) groups is 1. The first-order chi connectivity index (χ1) is 15.9. The molecule has 37 heavy (non-hydrogen) atoms. The van der Waals surface area contributed by atoms with Crippen LogP contribution in [0.4, 0.5) is 83.4 Å². The first kappa shape index (κ1) is 33.4. The lowest BCUT2D eigenvalue weighted by Crippen LogP contribution is -2.69. The van der Waals surface area contributed by atoms with Gasteiger partial charge in [-0.2, -0.15) is 74.6 Å². The van der Waals surface area contributed by atoms with Gasteiger partial charge in [0.1, 0.15) is 11.6 Å². The topological polar surface area (TPSA) is 37.3 Å². The summed E-state index contributed by atoms with van der Waals surface area (Å²) in [7, 11) is 0. The quantitative estimate of drug-likeness (QED) is 0.174. The lowest BCUT2D eigenvalue weighted by molar-refractivity contribution is -0.441. The summed E-state index contributed by atoms with van der Waals surface area (Å²) >= 11 is -6.79. The second kappa shape index (κ2) is 9.23. The van der Waals surface area contributed by atoms with E-state index in [-0.39, 0.29) is 0 Å². The van der Waals surface area contributed by atoms with Crippen LogP contribution in [-0.4, -0.2) is 49.1 Å². The minimum absolute atomic E-state index is 1.33. The minimum atomic E-state index is -8.34. The molecule has 1 aromatic rings. The summed E-state index contributed by atoms with van der Waals surface area (Å²) in [6, 6.07) is -2.67. The molecule has 0 amide bonds. The van der Waals surface area contributed by atoms with Crippen molar-refractivity contribution in [3.63, 3.8) is 0 Å². The Morgan fingerprint density at radius 1 is 0.622 bits per heavy atom. The Kier molecular flexibility index (Phi) is 8.32. The van der Waals surface area contributed by atoms with Crippen molar-refractivity contribution in [2.45, 2.75) is 51.2 Å². The van der Waals surface area contributed by atoms with Gasteiger partial charge in [-0.15, -0.1) is 0 Å². The molecule has 0 aromatic heterocycles. The molecular formula is C14H3F19O2S2. The van der Waals surface area contributed by atoms with E-state index in [1.54, 1.807) is 0 Å². The fraction of sp³-hybridized carbons (Fsp3) is 0.571. The van der Waals surface area contributed by atoms with Crippen LogP contribution in [0.5, 0.6) is 0 Å². The minimum Gasteiger partial charge on any atom is -0.301 e. The molecule has 216 valence electrons. The van der Waals surface area contributed by atoms with E-state index in [9.17, 15) is 87.6 Å². The summed E-state index contributed by atoms with van der Waals surface area (Å²) in [5, 5.41) is -12.0. The molecule has 1 atom stereocenters. The summed E-state index contributed by atoms with van der Waals surface area (Å²) in [6.45, 7) is 0. The van der Waals surface area contributed by atoms with Crippen LogP contribution in [0.25, 0.3) is 0 Å². The number of halogens is 19. The Morgan fingerprint density at radius 2 is 0.973 bits per heavy atom. The van der Waals surface area contributed by atoms with Crippen molar-refractivity contribution in [3.8, 4) is 0 Å². The van der Waals surface area contributed by atoms with Crippen molar-refractivity contribution in [2.24, 2.45) is 0 Å². The van der Waals surface area contributed by atoms with Crippen molar-refractivity contribution in [3.05, 3.63) is 29.3 Å². The van der Waals surface area contributed by atoms with Gasteiger partial charge in [-0.1, -0.05) is 0 Å². The largest absolute Gasteiger partial charge is 0.460 e. The van der Waals surface area contributed by atoms with Crippen LogP contribution in [-0.2, 0) is 17.0 Å². The second-order valence-corrected chi connectivity index (χ2v) is 8.66. The maximum Gasteiger partial charge on any atom is 0.460 e. The maximum absolute atomic E-state index is 14.0. The molecule has 0 aliphatic carbocycles. The van der Waals surface area contributed by atoms with Crippen LogP contribution >= 0.6 is 11.8 Å². The van der Waals surface area contributed by atoms with Crippen LogP contribution in [0.15, 0.2) is 17.0 Å². The fourth-order valence-corrected chi connectivity index (χ4v) is 3.31. The second-order valence-electron chi connectivity index (χ2n) is 6.52. The van der Waals surface area contributed by atoms with Crippen LogP contribution in [0.2, 0.25) is 0 Å². The molecule has 0 heterocycles. The lowest BCUT2D eigenvalue weighted by atomic mass is 9.90. The Morgan fingerprint density at radius 3 is 1.30 bits per heavy atom. The molecule has 1 unspecified atom stereocenters. The summed E-state index contributed by atoms with van der Waals surface area (Å²) < 4.78 is 270. The van der Waals surface area contributed by atoms with Gasteiger partial charge in [0, 0.05) is 5.56 Å². The van der Waals surface area contributed by atoms with Crippen LogP contribution < -0.4 is 0 Å². The van der Waals surface area contributed by atoms with Gasteiger partial charge in [0.05, 0.1) is 4.90 Å². The fourth-order valence-electron chi connectivity index (χ4n) is 2.08. The Bertz CT molecular complexity index is 1020. The number of benzene rings is 1. The summed E-state index contributed by atoms with van der Waals surface area (Å²) in [4.78, 5) is -2.53. The highest BCUT2D eigenvalue weighted by atomic mass is 32.2. The normalized spacial score (nSPS) is 16.2. The van der Waals surface area contributed by atoms with Crippen LogP contribution in [0.1, 0.15) is 5.56 Å². The molecule has 0 spiro atoms. The molecule has 0 saturated carbocycles. The third-order valence-corrected chi connectivity index (χ3v) is 6.01. The first-order valence-corrected chi connectivity index (χ1v) is 9.88. The van der Waals surface area contributed by atoms with E-state index < -0.39 is 103 Å². The summed E-state index contributed by atoms with van der Waals surface area (Å²) in [5.41, 5.74) is -3.25. The van der Waals surface area contributed by atoms with Gasteiger partial charge in [-0.3, -0.25) is 0 Å². The van der Waals surface area contributed by atoms with E-state index in [0.29, 0.717) is 0 Å². The highest BCUT2D eigenvalue weighted by molar-refractivity contribution is 8.01. The van der Waals surface area contributed by atoms with Gasteiger partial charge in [-0.25, -0.2) is 13.0 Å². The Labute approximate surface area is 196 Å². The molecule has 0 fully saturated rings. The van der Waals surface area contributed by atoms with E-state index in [2.05, 4.69) is 0 Å². The predicted octanol–water partition coefficient (Wildman–Crippen LogP) is 7.66. The van der Waals surface area contributed by atoms with E-state index in [4.69, 9.17) is 4.55 Å². The molecule has 2 nitrogen and oxygen atoms in total. The summed E-state index contributed by atoms with van der Waals surface area (Å²) in [6.07, 6.45) is -7.73. The van der Waals surface area contributed by atoms with Crippen molar-refractivity contribution in [2.75, 3.05) is 0 Å². The zero-order valence-electron chi connectivity index (χ0n) is 16.0. The van der Waals surface area contributed by atoms with Crippen LogP contribution in [0.3, 0.4) is 0 Å². The van der Waals surface area contributed by atoms with Gasteiger partial charge < -0.3 is 4.55 Å². The number of hydrogen-bond donors (Lipinski definition) is 1. The third kappa shape index (κ3) is 4.93. The van der Waals surface area contributed by atoms with Gasteiger partial charge >= 0.3 is 46.3 Å². The monoisotopic (exact) mass is 628 g/mol. The molecule has 0 aliphatic heterocycles. The SMILES string of the molecule is O=S(O)C(F)(F)C(F)(F)Sc1c(F)cc(C(F)(F)C(F)(F)C(F)(F)C(F)(F)C(F)(F)C(F)(F)F)cc1F. The van der Waals surface area contributed by atoms with E-state index >= 15 is 0 Å². The van der Waals surface area contributed by atoms with E-state index in [1.807, 2.05) is 0 Å². The van der Waals surface area contributed by atoms with Crippen LogP contribution in [0, 0.1) is 11.6 Å². The number of hydrogen-bond acceptors (Lipinski definition) is 2. The van der Waals surface area contributed by atoms with Crippen molar-refractivity contribution >= 4 is 22.8 Å². The number of alkyl halides is 17.